The lowest BCUT2D eigenvalue weighted by Gasteiger charge is -2.28. The van der Waals surface area contributed by atoms with Crippen molar-refractivity contribution in [2.24, 2.45) is 0 Å². The van der Waals surface area contributed by atoms with E-state index in [-0.39, 0.29) is 5.91 Å². The summed E-state index contributed by atoms with van der Waals surface area (Å²) in [7, 11) is 0. The lowest BCUT2D eigenvalue weighted by Crippen LogP contribution is -2.38. The zero-order valence-electron chi connectivity index (χ0n) is 12.1. The largest absolute Gasteiger partial charge is 0.494 e. The first-order valence-electron chi connectivity index (χ1n) is 6.74. The maximum Gasteiger partial charge on any atom is 0.331 e. The molecule has 5 heteroatoms. The lowest BCUT2D eigenvalue weighted by molar-refractivity contribution is -0.149. The first kappa shape index (κ1) is 16.0. The zero-order valence-corrected chi connectivity index (χ0v) is 12.1. The van der Waals surface area contributed by atoms with E-state index in [1.807, 2.05) is 13.8 Å². The van der Waals surface area contributed by atoms with E-state index in [9.17, 15) is 14.7 Å². The van der Waals surface area contributed by atoms with E-state index in [2.05, 4.69) is 0 Å². The van der Waals surface area contributed by atoms with Gasteiger partial charge in [0.2, 0.25) is 5.91 Å². The molecule has 0 spiro atoms. The molecule has 0 aromatic heterocycles. The summed E-state index contributed by atoms with van der Waals surface area (Å²) in [6.45, 7) is 6.15. The first-order valence-corrected chi connectivity index (χ1v) is 6.74. The molecule has 110 valence electrons. The Morgan fingerprint density at radius 3 is 2.25 bits per heavy atom. The molecule has 1 amide bonds. The normalized spacial score (nSPS) is 11.8. The van der Waals surface area contributed by atoms with Crippen LogP contribution in [0.3, 0.4) is 0 Å². The summed E-state index contributed by atoms with van der Waals surface area (Å²) in [5.41, 5.74) is 0.574. The van der Waals surface area contributed by atoms with E-state index < -0.39 is 12.0 Å². The summed E-state index contributed by atoms with van der Waals surface area (Å²) < 4.78 is 5.33. The predicted molar refractivity (Wildman–Crippen MR) is 75.7 cm³/mol. The molecular formula is C15H21NO4. The SMILES string of the molecule is CCCN(C(C)=O)C(C(=O)O)c1ccc(OCC)cc1. The Morgan fingerprint density at radius 1 is 1.25 bits per heavy atom. The number of rotatable bonds is 7. The number of benzene rings is 1. The summed E-state index contributed by atoms with van der Waals surface area (Å²) in [6.07, 6.45) is 0.709. The number of carbonyl (C=O) groups excluding carboxylic acids is 1. The summed E-state index contributed by atoms with van der Waals surface area (Å²) in [4.78, 5) is 24.5. The Balaban J connectivity index is 3.06. The number of hydrogen-bond donors (Lipinski definition) is 1. The molecule has 0 fully saturated rings. The molecule has 1 aromatic rings. The number of amides is 1. The van der Waals surface area contributed by atoms with Crippen molar-refractivity contribution >= 4 is 11.9 Å². The highest BCUT2D eigenvalue weighted by Gasteiger charge is 2.28. The van der Waals surface area contributed by atoms with Crippen molar-refractivity contribution in [1.29, 1.82) is 0 Å². The van der Waals surface area contributed by atoms with Gasteiger partial charge in [-0.05, 0) is 31.0 Å². The average molecular weight is 279 g/mol. The average Bonchev–Trinajstić information content (AvgIpc) is 2.40. The van der Waals surface area contributed by atoms with Crippen LogP contribution in [0.2, 0.25) is 0 Å². The van der Waals surface area contributed by atoms with Crippen molar-refractivity contribution in [3.8, 4) is 5.75 Å². The molecular weight excluding hydrogens is 258 g/mol. The highest BCUT2D eigenvalue weighted by molar-refractivity contribution is 5.83. The molecule has 20 heavy (non-hydrogen) atoms. The third kappa shape index (κ3) is 3.98. The van der Waals surface area contributed by atoms with Gasteiger partial charge in [0, 0.05) is 13.5 Å². The number of carboxylic acid groups (broad SMARTS) is 1. The van der Waals surface area contributed by atoms with Gasteiger partial charge in [0.05, 0.1) is 6.61 Å². The molecule has 0 bridgehead atoms. The topological polar surface area (TPSA) is 66.8 Å². The van der Waals surface area contributed by atoms with Gasteiger partial charge < -0.3 is 14.7 Å². The minimum atomic E-state index is -1.03. The van der Waals surface area contributed by atoms with Gasteiger partial charge in [0.25, 0.3) is 0 Å². The quantitative estimate of drug-likeness (QED) is 0.832. The van der Waals surface area contributed by atoms with Crippen LogP contribution in [0.15, 0.2) is 24.3 Å². The Hall–Kier alpha value is -2.04. The van der Waals surface area contributed by atoms with Crippen LogP contribution in [0.1, 0.15) is 38.8 Å². The minimum Gasteiger partial charge on any atom is -0.494 e. The molecule has 1 rings (SSSR count). The van der Waals surface area contributed by atoms with Crippen LogP contribution in [-0.4, -0.2) is 35.0 Å². The standard InChI is InChI=1S/C15H21NO4/c1-4-10-16(11(3)17)14(15(18)19)12-6-8-13(9-7-12)20-5-2/h6-9,14H,4-5,10H2,1-3H3,(H,18,19). The highest BCUT2D eigenvalue weighted by Crippen LogP contribution is 2.24. The van der Waals surface area contributed by atoms with Crippen molar-refractivity contribution in [2.45, 2.75) is 33.2 Å². The number of carboxylic acids is 1. The Morgan fingerprint density at radius 2 is 1.85 bits per heavy atom. The Labute approximate surface area is 119 Å². The predicted octanol–water partition coefficient (Wildman–Crippen LogP) is 2.47. The van der Waals surface area contributed by atoms with Crippen molar-refractivity contribution in [2.75, 3.05) is 13.2 Å². The fourth-order valence-corrected chi connectivity index (χ4v) is 2.08. The molecule has 1 unspecified atom stereocenters. The Kier molecular flexibility index (Phi) is 6.03. The summed E-state index contributed by atoms with van der Waals surface area (Å²) in [6, 6.07) is 5.87. The van der Waals surface area contributed by atoms with Crippen LogP contribution in [0, 0.1) is 0 Å². The lowest BCUT2D eigenvalue weighted by atomic mass is 10.0. The summed E-state index contributed by atoms with van der Waals surface area (Å²) in [5, 5.41) is 9.42. The van der Waals surface area contributed by atoms with Crippen molar-refractivity contribution in [1.82, 2.24) is 4.90 Å². The van der Waals surface area contributed by atoms with Crippen LogP contribution < -0.4 is 4.74 Å². The number of carbonyl (C=O) groups is 2. The second-order valence-corrected chi connectivity index (χ2v) is 4.46. The fourth-order valence-electron chi connectivity index (χ4n) is 2.08. The second-order valence-electron chi connectivity index (χ2n) is 4.46. The molecule has 1 aromatic carbocycles. The van der Waals surface area contributed by atoms with Crippen molar-refractivity contribution in [3.05, 3.63) is 29.8 Å². The fraction of sp³-hybridized carbons (Fsp3) is 0.467. The van der Waals surface area contributed by atoms with Gasteiger partial charge in [0.1, 0.15) is 5.75 Å². The monoisotopic (exact) mass is 279 g/mol. The van der Waals surface area contributed by atoms with Gasteiger partial charge in [-0.2, -0.15) is 0 Å². The van der Waals surface area contributed by atoms with E-state index >= 15 is 0 Å². The van der Waals surface area contributed by atoms with Gasteiger partial charge in [0.15, 0.2) is 6.04 Å². The summed E-state index contributed by atoms with van der Waals surface area (Å²) >= 11 is 0. The van der Waals surface area contributed by atoms with Gasteiger partial charge in [-0.25, -0.2) is 4.79 Å². The van der Waals surface area contributed by atoms with Crippen LogP contribution in [0.25, 0.3) is 0 Å². The highest BCUT2D eigenvalue weighted by atomic mass is 16.5. The smallest absolute Gasteiger partial charge is 0.331 e. The van der Waals surface area contributed by atoms with Gasteiger partial charge in [-0.1, -0.05) is 19.1 Å². The maximum absolute atomic E-state index is 11.7. The van der Waals surface area contributed by atoms with Gasteiger partial charge >= 0.3 is 5.97 Å². The van der Waals surface area contributed by atoms with Crippen LogP contribution in [0.4, 0.5) is 0 Å². The molecule has 0 heterocycles. The zero-order chi connectivity index (χ0) is 15.1. The van der Waals surface area contributed by atoms with Gasteiger partial charge in [-0.15, -0.1) is 0 Å². The third-order valence-electron chi connectivity index (χ3n) is 2.92. The summed E-state index contributed by atoms with van der Waals surface area (Å²) in [5.74, 6) is -0.587. The number of aliphatic carboxylic acids is 1. The van der Waals surface area contributed by atoms with Crippen LogP contribution in [-0.2, 0) is 9.59 Å². The van der Waals surface area contributed by atoms with E-state index in [1.54, 1.807) is 24.3 Å². The maximum atomic E-state index is 11.7. The van der Waals surface area contributed by atoms with E-state index in [0.29, 0.717) is 30.9 Å². The molecule has 1 N–H and O–H groups in total. The van der Waals surface area contributed by atoms with Gasteiger partial charge in [-0.3, -0.25) is 4.79 Å². The Bertz CT molecular complexity index is 455. The van der Waals surface area contributed by atoms with Crippen LogP contribution in [0.5, 0.6) is 5.75 Å². The van der Waals surface area contributed by atoms with E-state index in [4.69, 9.17) is 4.74 Å². The van der Waals surface area contributed by atoms with E-state index in [0.717, 1.165) is 0 Å². The van der Waals surface area contributed by atoms with Crippen molar-refractivity contribution in [3.63, 3.8) is 0 Å². The molecule has 1 atom stereocenters. The molecule has 0 aliphatic carbocycles. The molecule has 0 aliphatic rings. The van der Waals surface area contributed by atoms with Crippen molar-refractivity contribution < 1.29 is 19.4 Å². The minimum absolute atomic E-state index is 0.242. The second kappa shape index (κ2) is 7.53. The number of ether oxygens (including phenoxy) is 1. The molecule has 5 nitrogen and oxygen atoms in total. The molecule has 0 saturated carbocycles. The third-order valence-corrected chi connectivity index (χ3v) is 2.92. The van der Waals surface area contributed by atoms with E-state index in [1.165, 1.54) is 11.8 Å². The van der Waals surface area contributed by atoms with Crippen LogP contribution >= 0.6 is 0 Å². The molecule has 0 aliphatic heterocycles. The molecule has 0 radical (unpaired) electrons. The first-order chi connectivity index (χ1) is 9.51. The number of nitrogens with zero attached hydrogens (tertiary/aromatic N) is 1. The number of hydrogen-bond acceptors (Lipinski definition) is 3. The molecule has 0 saturated heterocycles.